The smallest absolute Gasteiger partial charge is 0.124 e. The molecule has 0 aliphatic heterocycles. The Labute approximate surface area is 146 Å². The van der Waals surface area contributed by atoms with Crippen molar-refractivity contribution in [3.8, 4) is 5.75 Å². The maximum atomic E-state index is 6.01. The largest absolute Gasteiger partial charge is 0.489 e. The fraction of sp³-hybridized carbons (Fsp3) is 0.0952. The number of anilines is 1. The summed E-state index contributed by atoms with van der Waals surface area (Å²) in [7, 11) is 0. The minimum atomic E-state index is 0.568. The van der Waals surface area contributed by atoms with Crippen LogP contribution in [0.2, 0.25) is 0 Å². The molecule has 0 saturated carbocycles. The van der Waals surface area contributed by atoms with Crippen LogP contribution in [0.5, 0.6) is 5.75 Å². The van der Waals surface area contributed by atoms with Crippen molar-refractivity contribution >= 4 is 16.6 Å². The topological polar surface area (TPSA) is 49.9 Å². The third-order valence-electron chi connectivity index (χ3n) is 4.13. The van der Waals surface area contributed by atoms with E-state index in [-0.39, 0.29) is 0 Å². The van der Waals surface area contributed by atoms with E-state index in [1.54, 1.807) is 0 Å². The van der Waals surface area contributed by atoms with Gasteiger partial charge in [-0.1, -0.05) is 48.5 Å². The third kappa shape index (κ3) is 3.63. The molecule has 0 spiro atoms. The van der Waals surface area contributed by atoms with Gasteiger partial charge in [-0.15, -0.1) is 0 Å². The van der Waals surface area contributed by atoms with Crippen molar-refractivity contribution in [3.63, 3.8) is 0 Å². The number of para-hydroxylation sites is 1. The molecule has 0 unspecified atom stereocenters. The van der Waals surface area contributed by atoms with Crippen LogP contribution >= 0.6 is 0 Å². The molecule has 4 heteroatoms. The molecule has 1 aromatic heterocycles. The lowest BCUT2D eigenvalue weighted by molar-refractivity contribution is 0.303. The number of H-pyrrole nitrogens is 1. The third-order valence-corrected chi connectivity index (χ3v) is 4.13. The highest BCUT2D eigenvalue weighted by Crippen LogP contribution is 2.22. The summed E-state index contributed by atoms with van der Waals surface area (Å²) in [6.07, 6.45) is 1.83. The summed E-state index contributed by atoms with van der Waals surface area (Å²) in [6.45, 7) is 1.27. The van der Waals surface area contributed by atoms with Crippen molar-refractivity contribution in [2.75, 3.05) is 5.32 Å². The quantitative estimate of drug-likeness (QED) is 0.536. The molecular formula is C21H19N3O. The van der Waals surface area contributed by atoms with Crippen LogP contribution in [0.25, 0.3) is 10.9 Å². The van der Waals surface area contributed by atoms with E-state index in [2.05, 4.69) is 39.8 Å². The molecular weight excluding hydrogens is 310 g/mol. The number of ether oxygens (including phenoxy) is 1. The van der Waals surface area contributed by atoms with Gasteiger partial charge in [0.2, 0.25) is 0 Å². The molecule has 0 bridgehead atoms. The monoisotopic (exact) mass is 329 g/mol. The molecule has 0 saturated heterocycles. The van der Waals surface area contributed by atoms with E-state index < -0.39 is 0 Å². The fourth-order valence-corrected chi connectivity index (χ4v) is 2.78. The predicted octanol–water partition coefficient (Wildman–Crippen LogP) is 4.75. The molecule has 0 aliphatic carbocycles. The molecule has 4 rings (SSSR count). The van der Waals surface area contributed by atoms with Gasteiger partial charge in [0.15, 0.2) is 0 Å². The lowest BCUT2D eigenvalue weighted by Crippen LogP contribution is -2.03. The summed E-state index contributed by atoms with van der Waals surface area (Å²) in [5, 5.41) is 11.6. The van der Waals surface area contributed by atoms with Crippen molar-refractivity contribution in [3.05, 3.63) is 90.1 Å². The summed E-state index contributed by atoms with van der Waals surface area (Å²) in [5.74, 6) is 0.906. The number of aromatic amines is 1. The summed E-state index contributed by atoms with van der Waals surface area (Å²) >= 11 is 0. The first-order chi connectivity index (χ1) is 12.4. The number of nitrogens with zero attached hydrogens (tertiary/aromatic N) is 1. The minimum Gasteiger partial charge on any atom is -0.489 e. The maximum absolute atomic E-state index is 6.01. The SMILES string of the molecule is c1ccc(COc2ccccc2CNc2ccc3[nH]ncc3c2)cc1. The van der Waals surface area contributed by atoms with Gasteiger partial charge in [0.1, 0.15) is 12.4 Å². The maximum Gasteiger partial charge on any atom is 0.124 e. The molecule has 4 nitrogen and oxygen atoms in total. The minimum absolute atomic E-state index is 0.568. The first-order valence-corrected chi connectivity index (χ1v) is 8.30. The van der Waals surface area contributed by atoms with Crippen molar-refractivity contribution in [2.24, 2.45) is 0 Å². The Bertz CT molecular complexity index is 963. The Hall–Kier alpha value is -3.27. The summed E-state index contributed by atoms with van der Waals surface area (Å²) in [4.78, 5) is 0. The van der Waals surface area contributed by atoms with E-state index >= 15 is 0 Å². The van der Waals surface area contributed by atoms with Crippen LogP contribution in [0.15, 0.2) is 79.0 Å². The molecule has 0 radical (unpaired) electrons. The van der Waals surface area contributed by atoms with Crippen LogP contribution < -0.4 is 10.1 Å². The van der Waals surface area contributed by atoms with Gasteiger partial charge in [-0.2, -0.15) is 5.10 Å². The van der Waals surface area contributed by atoms with E-state index in [0.29, 0.717) is 13.2 Å². The number of nitrogens with one attached hydrogen (secondary N) is 2. The molecule has 0 fully saturated rings. The van der Waals surface area contributed by atoms with Crippen molar-refractivity contribution in [2.45, 2.75) is 13.2 Å². The highest BCUT2D eigenvalue weighted by molar-refractivity contribution is 5.81. The van der Waals surface area contributed by atoms with Gasteiger partial charge in [-0.25, -0.2) is 0 Å². The standard InChI is InChI=1S/C21H19N3O/c1-2-6-16(7-3-1)15-25-21-9-5-4-8-17(21)13-22-19-10-11-20-18(12-19)14-23-24-20/h1-12,14,22H,13,15H2,(H,23,24). The zero-order valence-corrected chi connectivity index (χ0v) is 13.8. The van der Waals surface area contributed by atoms with Gasteiger partial charge in [-0.05, 0) is 29.8 Å². The lowest BCUT2D eigenvalue weighted by Gasteiger charge is -2.13. The number of rotatable bonds is 6. The Kier molecular flexibility index (Phi) is 4.33. The first-order valence-electron chi connectivity index (χ1n) is 8.30. The number of hydrogen-bond acceptors (Lipinski definition) is 3. The van der Waals surface area contributed by atoms with Gasteiger partial charge in [-0.3, -0.25) is 5.10 Å². The Morgan fingerprint density at radius 1 is 0.920 bits per heavy atom. The van der Waals surface area contributed by atoms with Gasteiger partial charge >= 0.3 is 0 Å². The molecule has 4 aromatic rings. The van der Waals surface area contributed by atoms with Crippen molar-refractivity contribution in [1.82, 2.24) is 10.2 Å². The Morgan fingerprint density at radius 3 is 2.68 bits per heavy atom. The predicted molar refractivity (Wildman–Crippen MR) is 101 cm³/mol. The van der Waals surface area contributed by atoms with Crippen LogP contribution in [-0.2, 0) is 13.2 Å². The van der Waals surface area contributed by atoms with Crippen LogP contribution in [0.3, 0.4) is 0 Å². The Balaban J connectivity index is 1.45. The summed E-state index contributed by atoms with van der Waals surface area (Å²) in [6, 6.07) is 24.5. The first kappa shape index (κ1) is 15.3. The van der Waals surface area contributed by atoms with Gasteiger partial charge in [0.25, 0.3) is 0 Å². The van der Waals surface area contributed by atoms with Crippen LogP contribution in [0, 0.1) is 0 Å². The molecule has 0 atom stereocenters. The average Bonchev–Trinajstić information content (AvgIpc) is 3.14. The number of hydrogen-bond donors (Lipinski definition) is 2. The second kappa shape index (κ2) is 7.09. The summed E-state index contributed by atoms with van der Waals surface area (Å²) in [5.41, 5.74) is 4.39. The fourth-order valence-electron chi connectivity index (χ4n) is 2.78. The van der Waals surface area contributed by atoms with Gasteiger partial charge in [0.05, 0.1) is 11.7 Å². The number of fused-ring (bicyclic) bond motifs is 1. The van der Waals surface area contributed by atoms with Crippen molar-refractivity contribution < 1.29 is 4.74 Å². The number of aromatic nitrogens is 2. The molecule has 1 heterocycles. The zero-order chi connectivity index (χ0) is 16.9. The lowest BCUT2D eigenvalue weighted by atomic mass is 10.2. The molecule has 124 valence electrons. The van der Waals surface area contributed by atoms with E-state index in [1.807, 2.05) is 54.7 Å². The molecule has 25 heavy (non-hydrogen) atoms. The Morgan fingerprint density at radius 2 is 1.76 bits per heavy atom. The van der Waals surface area contributed by atoms with Crippen LogP contribution in [-0.4, -0.2) is 10.2 Å². The normalized spacial score (nSPS) is 10.7. The summed E-state index contributed by atoms with van der Waals surface area (Å²) < 4.78 is 6.01. The molecule has 0 aliphatic rings. The van der Waals surface area contributed by atoms with E-state index in [1.165, 1.54) is 0 Å². The van der Waals surface area contributed by atoms with E-state index in [4.69, 9.17) is 4.74 Å². The van der Waals surface area contributed by atoms with E-state index in [9.17, 15) is 0 Å². The molecule has 2 N–H and O–H groups in total. The highest BCUT2D eigenvalue weighted by Gasteiger charge is 2.04. The van der Waals surface area contributed by atoms with Gasteiger partial charge in [0, 0.05) is 23.2 Å². The van der Waals surface area contributed by atoms with Crippen molar-refractivity contribution in [1.29, 1.82) is 0 Å². The zero-order valence-electron chi connectivity index (χ0n) is 13.8. The second-order valence-corrected chi connectivity index (χ2v) is 5.91. The number of benzene rings is 3. The second-order valence-electron chi connectivity index (χ2n) is 5.91. The van der Waals surface area contributed by atoms with Crippen LogP contribution in [0.1, 0.15) is 11.1 Å². The average molecular weight is 329 g/mol. The van der Waals surface area contributed by atoms with E-state index in [0.717, 1.165) is 33.5 Å². The molecule has 0 amide bonds. The van der Waals surface area contributed by atoms with Crippen LogP contribution in [0.4, 0.5) is 5.69 Å². The molecule has 3 aromatic carbocycles. The highest BCUT2D eigenvalue weighted by atomic mass is 16.5. The van der Waals surface area contributed by atoms with Gasteiger partial charge < -0.3 is 10.1 Å².